The van der Waals surface area contributed by atoms with Crippen LogP contribution >= 0.6 is 0 Å². The first-order valence-electron chi connectivity index (χ1n) is 8.75. The second-order valence-corrected chi connectivity index (χ2v) is 7.02. The van der Waals surface area contributed by atoms with Crippen LogP contribution in [0.4, 0.5) is 0 Å². The minimum absolute atomic E-state index is 0.407. The number of carbonyl (C=O) groups excluding carboxylic acids is 1. The SMILES string of the molecule is Cc1ccc(C)c(Cn2c3cc(C)c[c]c3c3c(C(N)=O)cccc32)c1. The third kappa shape index (κ3) is 2.57. The number of primary amides is 1. The first-order valence-corrected chi connectivity index (χ1v) is 8.75. The highest BCUT2D eigenvalue weighted by atomic mass is 16.1. The molecule has 0 spiro atoms. The van der Waals surface area contributed by atoms with Gasteiger partial charge >= 0.3 is 0 Å². The minimum Gasteiger partial charge on any atom is -0.366 e. The monoisotopic (exact) mass is 341 g/mol. The Balaban J connectivity index is 2.06. The smallest absolute Gasteiger partial charge is 0.249 e. The van der Waals surface area contributed by atoms with Gasteiger partial charge in [-0.25, -0.2) is 0 Å². The highest BCUT2D eigenvalue weighted by Gasteiger charge is 2.17. The lowest BCUT2D eigenvalue weighted by molar-refractivity contribution is 0.100. The number of carbonyl (C=O) groups is 1. The molecule has 4 aromatic rings. The largest absolute Gasteiger partial charge is 0.366 e. The molecule has 3 heteroatoms. The Hall–Kier alpha value is -3.07. The Morgan fingerprint density at radius 2 is 1.85 bits per heavy atom. The van der Waals surface area contributed by atoms with Gasteiger partial charge in [-0.1, -0.05) is 35.9 Å². The quantitative estimate of drug-likeness (QED) is 0.578. The maximum absolute atomic E-state index is 12.0. The summed E-state index contributed by atoms with van der Waals surface area (Å²) < 4.78 is 2.27. The van der Waals surface area contributed by atoms with E-state index in [2.05, 4.69) is 61.7 Å². The van der Waals surface area contributed by atoms with Crippen LogP contribution in [0.1, 0.15) is 32.6 Å². The molecule has 0 unspecified atom stereocenters. The number of amides is 1. The van der Waals surface area contributed by atoms with Crippen LogP contribution < -0.4 is 5.73 Å². The Morgan fingerprint density at radius 3 is 2.62 bits per heavy atom. The van der Waals surface area contributed by atoms with Gasteiger partial charge in [0.05, 0.1) is 11.0 Å². The number of hydrogen-bond donors (Lipinski definition) is 1. The van der Waals surface area contributed by atoms with Gasteiger partial charge in [0.2, 0.25) is 5.91 Å². The molecule has 26 heavy (non-hydrogen) atoms. The standard InChI is InChI=1S/C23H21N2O/c1-14-7-9-16(3)17(11-14)13-25-20-6-4-5-19(23(24)26)22(20)18-10-8-15(2)12-21(18)25/h4-9,11-12H,13H2,1-3H3,(H2,24,26). The average Bonchev–Trinajstić information content (AvgIpc) is 2.91. The summed E-state index contributed by atoms with van der Waals surface area (Å²) >= 11 is 0. The van der Waals surface area contributed by atoms with E-state index in [0.29, 0.717) is 5.56 Å². The first kappa shape index (κ1) is 16.4. The molecule has 0 aliphatic rings. The first-order chi connectivity index (χ1) is 12.5. The lowest BCUT2D eigenvalue weighted by atomic mass is 10.1. The van der Waals surface area contributed by atoms with Crippen LogP contribution in [-0.2, 0) is 6.54 Å². The van der Waals surface area contributed by atoms with Gasteiger partial charge in [0.25, 0.3) is 0 Å². The summed E-state index contributed by atoms with van der Waals surface area (Å²) in [6.07, 6.45) is 0. The zero-order chi connectivity index (χ0) is 18.4. The van der Waals surface area contributed by atoms with E-state index >= 15 is 0 Å². The van der Waals surface area contributed by atoms with Crippen LogP contribution in [0.25, 0.3) is 21.8 Å². The summed E-state index contributed by atoms with van der Waals surface area (Å²) in [7, 11) is 0. The molecule has 2 N–H and O–H groups in total. The van der Waals surface area contributed by atoms with E-state index in [4.69, 9.17) is 5.73 Å². The molecule has 1 heterocycles. The molecule has 1 aromatic heterocycles. The third-order valence-electron chi connectivity index (χ3n) is 5.04. The van der Waals surface area contributed by atoms with Crippen molar-refractivity contribution in [2.24, 2.45) is 5.73 Å². The molecular formula is C23H21N2O. The lowest BCUT2D eigenvalue weighted by Gasteiger charge is -2.12. The molecule has 3 nitrogen and oxygen atoms in total. The van der Waals surface area contributed by atoms with Gasteiger partial charge in [-0.15, -0.1) is 0 Å². The van der Waals surface area contributed by atoms with Crippen LogP contribution in [0.3, 0.4) is 0 Å². The van der Waals surface area contributed by atoms with Gasteiger partial charge in [-0.2, -0.15) is 0 Å². The summed E-state index contributed by atoms with van der Waals surface area (Å²) in [6, 6.07) is 19.7. The number of hydrogen-bond acceptors (Lipinski definition) is 1. The number of aromatic nitrogens is 1. The summed E-state index contributed by atoms with van der Waals surface area (Å²) in [5.41, 5.74) is 13.2. The number of aryl methyl sites for hydroxylation is 3. The van der Waals surface area contributed by atoms with Crippen molar-refractivity contribution in [2.45, 2.75) is 27.3 Å². The van der Waals surface area contributed by atoms with Crippen LogP contribution in [0, 0.1) is 26.8 Å². The second-order valence-electron chi connectivity index (χ2n) is 7.02. The van der Waals surface area contributed by atoms with Gasteiger partial charge in [0, 0.05) is 22.9 Å². The second kappa shape index (κ2) is 6.03. The van der Waals surface area contributed by atoms with Gasteiger partial charge in [0.15, 0.2) is 0 Å². The predicted molar refractivity (Wildman–Crippen MR) is 107 cm³/mol. The number of nitrogens with zero attached hydrogens (tertiary/aromatic N) is 1. The molecule has 0 aliphatic heterocycles. The fourth-order valence-electron chi connectivity index (χ4n) is 3.68. The number of fused-ring (bicyclic) bond motifs is 3. The highest BCUT2D eigenvalue weighted by molar-refractivity contribution is 6.17. The molecule has 0 saturated carbocycles. The number of rotatable bonds is 3. The molecule has 1 radical (unpaired) electrons. The zero-order valence-corrected chi connectivity index (χ0v) is 15.3. The van der Waals surface area contributed by atoms with Crippen molar-refractivity contribution in [1.29, 1.82) is 0 Å². The molecular weight excluding hydrogens is 320 g/mol. The predicted octanol–water partition coefficient (Wildman–Crippen LogP) is 4.67. The Kier molecular flexibility index (Phi) is 3.80. The molecule has 129 valence electrons. The molecule has 1 amide bonds. The summed E-state index contributed by atoms with van der Waals surface area (Å²) in [5.74, 6) is -0.407. The van der Waals surface area contributed by atoms with Crippen molar-refractivity contribution in [3.8, 4) is 0 Å². The van der Waals surface area contributed by atoms with E-state index in [0.717, 1.165) is 33.9 Å². The zero-order valence-electron chi connectivity index (χ0n) is 15.3. The minimum atomic E-state index is -0.407. The highest BCUT2D eigenvalue weighted by Crippen LogP contribution is 2.33. The maximum Gasteiger partial charge on any atom is 0.249 e. The van der Waals surface area contributed by atoms with Crippen LogP contribution in [-0.4, -0.2) is 10.5 Å². The van der Waals surface area contributed by atoms with E-state index in [9.17, 15) is 4.79 Å². The Labute approximate surface area is 153 Å². The summed E-state index contributed by atoms with van der Waals surface area (Å²) in [6.45, 7) is 7.05. The Morgan fingerprint density at radius 1 is 1.04 bits per heavy atom. The van der Waals surface area contributed by atoms with Crippen LogP contribution in [0.5, 0.6) is 0 Å². The molecule has 0 fully saturated rings. The van der Waals surface area contributed by atoms with Gasteiger partial charge in [0.1, 0.15) is 0 Å². The average molecular weight is 341 g/mol. The number of nitrogens with two attached hydrogens (primary N) is 1. The van der Waals surface area contributed by atoms with Crippen LogP contribution in [0.15, 0.2) is 48.5 Å². The third-order valence-corrected chi connectivity index (χ3v) is 5.04. The van der Waals surface area contributed by atoms with Crippen molar-refractivity contribution >= 4 is 27.7 Å². The molecule has 3 aromatic carbocycles. The fourth-order valence-corrected chi connectivity index (χ4v) is 3.68. The van der Waals surface area contributed by atoms with Gasteiger partial charge in [-0.3, -0.25) is 4.79 Å². The molecule has 0 aliphatic carbocycles. The van der Waals surface area contributed by atoms with Crippen molar-refractivity contribution < 1.29 is 4.79 Å². The lowest BCUT2D eigenvalue weighted by Crippen LogP contribution is -2.11. The maximum atomic E-state index is 12.0. The van der Waals surface area contributed by atoms with Crippen molar-refractivity contribution in [1.82, 2.24) is 4.57 Å². The van der Waals surface area contributed by atoms with E-state index in [1.54, 1.807) is 6.07 Å². The summed E-state index contributed by atoms with van der Waals surface area (Å²) in [4.78, 5) is 12.0. The molecule has 4 rings (SSSR count). The van der Waals surface area contributed by atoms with Crippen molar-refractivity contribution in [2.75, 3.05) is 0 Å². The number of benzene rings is 3. The molecule has 0 bridgehead atoms. The molecule has 0 saturated heterocycles. The van der Waals surface area contributed by atoms with E-state index in [-0.39, 0.29) is 0 Å². The van der Waals surface area contributed by atoms with Gasteiger partial charge in [-0.05, 0) is 61.7 Å². The van der Waals surface area contributed by atoms with Gasteiger partial charge < -0.3 is 10.3 Å². The summed E-state index contributed by atoms with van der Waals surface area (Å²) in [5, 5.41) is 1.84. The normalized spacial score (nSPS) is 11.3. The fraction of sp³-hybridized carbons (Fsp3) is 0.174. The molecule has 0 atom stereocenters. The van der Waals surface area contributed by atoms with Crippen LogP contribution in [0.2, 0.25) is 0 Å². The van der Waals surface area contributed by atoms with Crippen molar-refractivity contribution in [3.05, 3.63) is 82.4 Å². The van der Waals surface area contributed by atoms with E-state index < -0.39 is 5.91 Å². The van der Waals surface area contributed by atoms with Crippen molar-refractivity contribution in [3.63, 3.8) is 0 Å². The van der Waals surface area contributed by atoms with E-state index in [1.165, 1.54) is 16.7 Å². The Bertz CT molecular complexity index is 1170. The van der Waals surface area contributed by atoms with E-state index in [1.807, 2.05) is 12.1 Å². The topological polar surface area (TPSA) is 48.0 Å².